The van der Waals surface area contributed by atoms with Crippen LogP contribution in [0, 0.1) is 5.82 Å². The molecule has 0 spiro atoms. The summed E-state index contributed by atoms with van der Waals surface area (Å²) in [6, 6.07) is 6.50. The van der Waals surface area contributed by atoms with E-state index in [1.807, 2.05) is 0 Å². The van der Waals surface area contributed by atoms with Crippen LogP contribution in [0.3, 0.4) is 0 Å². The maximum absolute atomic E-state index is 13.4. The van der Waals surface area contributed by atoms with E-state index in [1.165, 1.54) is 6.07 Å². The first-order valence-corrected chi connectivity index (χ1v) is 4.92. The van der Waals surface area contributed by atoms with Gasteiger partial charge in [0, 0.05) is 19.7 Å². The summed E-state index contributed by atoms with van der Waals surface area (Å²) < 4.78 is 15.0. The molecule has 1 heterocycles. The summed E-state index contributed by atoms with van der Waals surface area (Å²) in [7, 11) is 1.73. The summed E-state index contributed by atoms with van der Waals surface area (Å²) in [5.74, 6) is -0.273. The second-order valence-corrected chi connectivity index (χ2v) is 3.59. The van der Waals surface area contributed by atoms with Crippen molar-refractivity contribution >= 4 is 6.29 Å². The van der Waals surface area contributed by atoms with Gasteiger partial charge in [-0.15, -0.1) is 0 Å². The molecule has 0 bridgehead atoms. The molecule has 0 amide bonds. The van der Waals surface area contributed by atoms with Crippen molar-refractivity contribution in [3.8, 4) is 0 Å². The lowest BCUT2D eigenvalue weighted by Crippen LogP contribution is -1.97. The van der Waals surface area contributed by atoms with E-state index >= 15 is 0 Å². The van der Waals surface area contributed by atoms with Gasteiger partial charge in [-0.1, -0.05) is 18.2 Å². The van der Waals surface area contributed by atoms with Crippen LogP contribution in [0.4, 0.5) is 4.39 Å². The Morgan fingerprint density at radius 3 is 2.88 bits per heavy atom. The topological polar surface area (TPSA) is 34.9 Å². The molecule has 0 radical (unpaired) electrons. The number of aryl methyl sites for hydroxylation is 1. The van der Waals surface area contributed by atoms with E-state index in [0.29, 0.717) is 23.2 Å². The number of rotatable bonds is 3. The summed E-state index contributed by atoms with van der Waals surface area (Å²) in [5, 5.41) is 4.14. The molecule has 0 fully saturated rings. The van der Waals surface area contributed by atoms with E-state index < -0.39 is 0 Å². The molecule has 2 aromatic rings. The van der Waals surface area contributed by atoms with Gasteiger partial charge in [0.25, 0.3) is 0 Å². The Morgan fingerprint density at radius 2 is 2.19 bits per heavy atom. The summed E-state index contributed by atoms with van der Waals surface area (Å²) in [6.45, 7) is 0. The van der Waals surface area contributed by atoms with E-state index in [-0.39, 0.29) is 5.82 Å². The fourth-order valence-electron chi connectivity index (χ4n) is 1.61. The minimum atomic E-state index is -0.273. The molecular formula is C12H11FN2O. The number of nitrogens with zero attached hydrogens (tertiary/aromatic N) is 2. The van der Waals surface area contributed by atoms with E-state index in [9.17, 15) is 9.18 Å². The summed E-state index contributed by atoms with van der Waals surface area (Å²) in [5.41, 5.74) is 1.65. The fourth-order valence-corrected chi connectivity index (χ4v) is 1.61. The molecule has 0 atom stereocenters. The lowest BCUT2D eigenvalue weighted by atomic mass is 10.1. The number of benzene rings is 1. The average molecular weight is 218 g/mol. The van der Waals surface area contributed by atoms with E-state index in [0.717, 1.165) is 6.29 Å². The molecule has 0 saturated heterocycles. The molecule has 2 rings (SSSR count). The Morgan fingerprint density at radius 1 is 1.44 bits per heavy atom. The van der Waals surface area contributed by atoms with Crippen molar-refractivity contribution in [3.63, 3.8) is 0 Å². The molecule has 0 aliphatic carbocycles. The molecule has 0 unspecified atom stereocenters. The van der Waals surface area contributed by atoms with Gasteiger partial charge in [-0.05, 0) is 11.6 Å². The van der Waals surface area contributed by atoms with E-state index in [4.69, 9.17) is 0 Å². The highest BCUT2D eigenvalue weighted by atomic mass is 19.1. The molecule has 0 aliphatic heterocycles. The van der Waals surface area contributed by atoms with Gasteiger partial charge in [0.05, 0.1) is 11.3 Å². The van der Waals surface area contributed by atoms with Crippen molar-refractivity contribution in [1.29, 1.82) is 0 Å². The Kier molecular flexibility index (Phi) is 2.81. The molecule has 1 aromatic heterocycles. The van der Waals surface area contributed by atoms with Crippen molar-refractivity contribution in [2.45, 2.75) is 6.42 Å². The Hall–Kier alpha value is -1.97. The number of carbonyl (C=O) groups is 1. The predicted molar refractivity (Wildman–Crippen MR) is 57.8 cm³/mol. The van der Waals surface area contributed by atoms with Gasteiger partial charge in [0.2, 0.25) is 0 Å². The Labute approximate surface area is 92.5 Å². The predicted octanol–water partition coefficient (Wildman–Crippen LogP) is 1.96. The normalized spacial score (nSPS) is 10.4. The van der Waals surface area contributed by atoms with Crippen LogP contribution in [0.1, 0.15) is 21.6 Å². The number of aromatic nitrogens is 2. The number of aldehydes is 1. The molecule has 4 heteroatoms. The molecule has 0 saturated carbocycles. The molecule has 0 N–H and O–H groups in total. The Bertz CT molecular complexity index is 519. The summed E-state index contributed by atoms with van der Waals surface area (Å²) in [6.07, 6.45) is 2.70. The zero-order valence-corrected chi connectivity index (χ0v) is 8.85. The maximum Gasteiger partial charge on any atom is 0.153 e. The third kappa shape index (κ3) is 2.00. The standard InChI is InChI=1S/C12H11FN2O/c1-15-7-10(8-16)12(14-15)6-9-4-2-3-5-11(9)13/h2-5,7-8H,6H2,1H3. The van der Waals surface area contributed by atoms with Crippen LogP contribution in [0.15, 0.2) is 30.5 Å². The highest BCUT2D eigenvalue weighted by Gasteiger charge is 2.09. The van der Waals surface area contributed by atoms with E-state index in [2.05, 4.69) is 5.10 Å². The molecule has 0 aliphatic rings. The number of carbonyl (C=O) groups excluding carboxylic acids is 1. The van der Waals surface area contributed by atoms with Gasteiger partial charge in [-0.3, -0.25) is 9.48 Å². The average Bonchev–Trinajstić information content (AvgIpc) is 2.62. The first-order valence-electron chi connectivity index (χ1n) is 4.92. The number of hydrogen-bond donors (Lipinski definition) is 0. The smallest absolute Gasteiger partial charge is 0.153 e. The van der Waals surface area contributed by atoms with Gasteiger partial charge in [-0.2, -0.15) is 5.10 Å². The highest BCUT2D eigenvalue weighted by Crippen LogP contribution is 2.14. The zero-order valence-electron chi connectivity index (χ0n) is 8.85. The zero-order chi connectivity index (χ0) is 11.5. The van der Waals surface area contributed by atoms with Gasteiger partial charge < -0.3 is 0 Å². The first-order chi connectivity index (χ1) is 7.70. The van der Waals surface area contributed by atoms with Crippen molar-refractivity contribution in [3.05, 3.63) is 53.1 Å². The second kappa shape index (κ2) is 4.26. The van der Waals surface area contributed by atoms with Crippen molar-refractivity contribution in [2.75, 3.05) is 0 Å². The quantitative estimate of drug-likeness (QED) is 0.738. The summed E-state index contributed by atoms with van der Waals surface area (Å²) >= 11 is 0. The van der Waals surface area contributed by atoms with Crippen LogP contribution < -0.4 is 0 Å². The summed E-state index contributed by atoms with van der Waals surface area (Å²) in [4.78, 5) is 10.8. The SMILES string of the molecule is Cn1cc(C=O)c(Cc2ccccc2F)n1. The lowest BCUT2D eigenvalue weighted by Gasteiger charge is -2.00. The third-order valence-electron chi connectivity index (χ3n) is 2.38. The van der Waals surface area contributed by atoms with Crippen LogP contribution in [0.25, 0.3) is 0 Å². The van der Waals surface area contributed by atoms with Crippen LogP contribution in [-0.4, -0.2) is 16.1 Å². The van der Waals surface area contributed by atoms with Gasteiger partial charge in [-0.25, -0.2) is 4.39 Å². The van der Waals surface area contributed by atoms with Gasteiger partial charge >= 0.3 is 0 Å². The number of halogens is 1. The number of hydrogen-bond acceptors (Lipinski definition) is 2. The lowest BCUT2D eigenvalue weighted by molar-refractivity contribution is 0.112. The van der Waals surface area contributed by atoms with Crippen molar-refractivity contribution < 1.29 is 9.18 Å². The van der Waals surface area contributed by atoms with Crippen LogP contribution in [0.5, 0.6) is 0 Å². The van der Waals surface area contributed by atoms with Crippen LogP contribution in [-0.2, 0) is 13.5 Å². The molecule has 3 nitrogen and oxygen atoms in total. The minimum absolute atomic E-state index is 0.273. The van der Waals surface area contributed by atoms with E-state index in [1.54, 1.807) is 36.1 Å². The highest BCUT2D eigenvalue weighted by molar-refractivity contribution is 5.76. The molecule has 1 aromatic carbocycles. The first kappa shape index (κ1) is 10.5. The van der Waals surface area contributed by atoms with Gasteiger partial charge in [0.15, 0.2) is 6.29 Å². The van der Waals surface area contributed by atoms with Gasteiger partial charge in [0.1, 0.15) is 5.82 Å². The fraction of sp³-hybridized carbons (Fsp3) is 0.167. The van der Waals surface area contributed by atoms with Crippen LogP contribution in [0.2, 0.25) is 0 Å². The minimum Gasteiger partial charge on any atom is -0.298 e. The molecule has 82 valence electrons. The monoisotopic (exact) mass is 218 g/mol. The largest absolute Gasteiger partial charge is 0.298 e. The van der Waals surface area contributed by atoms with Crippen molar-refractivity contribution in [2.24, 2.45) is 7.05 Å². The molecule has 16 heavy (non-hydrogen) atoms. The second-order valence-electron chi connectivity index (χ2n) is 3.59. The van der Waals surface area contributed by atoms with Crippen LogP contribution >= 0.6 is 0 Å². The van der Waals surface area contributed by atoms with Crippen molar-refractivity contribution in [1.82, 2.24) is 9.78 Å². The maximum atomic E-state index is 13.4. The molecular weight excluding hydrogens is 207 g/mol. The third-order valence-corrected chi connectivity index (χ3v) is 2.38. The Balaban J connectivity index is 2.33.